The summed E-state index contributed by atoms with van der Waals surface area (Å²) in [6, 6.07) is 14.9. The fourth-order valence-electron chi connectivity index (χ4n) is 3.11. The first-order valence-corrected chi connectivity index (χ1v) is 11.4. The number of nitrogens with one attached hydrogen (secondary N) is 1. The van der Waals surface area contributed by atoms with Crippen molar-refractivity contribution in [2.24, 2.45) is 0 Å². The molecule has 0 spiro atoms. The predicted octanol–water partition coefficient (Wildman–Crippen LogP) is 4.10. The minimum absolute atomic E-state index is 0.0473. The Morgan fingerprint density at radius 3 is 2.79 bits per heavy atom. The highest BCUT2D eigenvalue weighted by atomic mass is 32.2. The van der Waals surface area contributed by atoms with Crippen molar-refractivity contribution in [1.82, 2.24) is 20.1 Å². The number of nitrogens with zero attached hydrogens (tertiary/aromatic N) is 3. The van der Waals surface area contributed by atoms with Crippen LogP contribution in [0.5, 0.6) is 0 Å². The van der Waals surface area contributed by atoms with Crippen LogP contribution < -0.4 is 5.32 Å². The average Bonchev–Trinajstić information content (AvgIpc) is 3.26. The Hall–Kier alpha value is -2.12. The van der Waals surface area contributed by atoms with Gasteiger partial charge in [-0.05, 0) is 43.2 Å². The van der Waals surface area contributed by atoms with Crippen LogP contribution in [-0.4, -0.2) is 32.5 Å². The summed E-state index contributed by atoms with van der Waals surface area (Å²) in [4.78, 5) is 13.8. The maximum absolute atomic E-state index is 12.5. The number of hydrogen-bond acceptors (Lipinski definition) is 5. The molecule has 1 atom stereocenters. The van der Waals surface area contributed by atoms with Gasteiger partial charge in [-0.1, -0.05) is 48.2 Å². The second kappa shape index (κ2) is 8.92. The highest BCUT2D eigenvalue weighted by Gasteiger charge is 2.31. The van der Waals surface area contributed by atoms with Crippen molar-refractivity contribution in [3.8, 4) is 0 Å². The lowest BCUT2D eigenvalue weighted by molar-refractivity contribution is -0.120. The van der Waals surface area contributed by atoms with E-state index in [1.807, 2.05) is 25.1 Å². The van der Waals surface area contributed by atoms with E-state index in [-0.39, 0.29) is 11.2 Å². The highest BCUT2D eigenvalue weighted by molar-refractivity contribution is 8.00. The van der Waals surface area contributed by atoms with Crippen LogP contribution in [0.1, 0.15) is 42.1 Å². The molecule has 0 radical (unpaired) electrons. The molecule has 1 unspecified atom stereocenters. The zero-order chi connectivity index (χ0) is 19.3. The summed E-state index contributed by atoms with van der Waals surface area (Å²) in [6.45, 7) is 2.58. The van der Waals surface area contributed by atoms with E-state index < -0.39 is 0 Å². The van der Waals surface area contributed by atoms with Gasteiger partial charge in [-0.15, -0.1) is 21.5 Å². The summed E-state index contributed by atoms with van der Waals surface area (Å²) >= 11 is 3.25. The van der Waals surface area contributed by atoms with Crippen LogP contribution >= 0.6 is 23.1 Å². The van der Waals surface area contributed by atoms with E-state index in [0.29, 0.717) is 12.6 Å². The summed E-state index contributed by atoms with van der Waals surface area (Å²) in [7, 11) is 0. The van der Waals surface area contributed by atoms with Crippen LogP contribution in [0, 0.1) is 0 Å². The number of carbonyl (C=O) groups excluding carboxylic acids is 1. The van der Waals surface area contributed by atoms with E-state index in [1.165, 1.54) is 35.0 Å². The number of rotatable bonds is 9. The van der Waals surface area contributed by atoms with Crippen molar-refractivity contribution in [3.05, 3.63) is 64.1 Å². The van der Waals surface area contributed by atoms with Crippen LogP contribution in [0.15, 0.2) is 53.0 Å². The predicted molar refractivity (Wildman–Crippen MR) is 114 cm³/mol. The van der Waals surface area contributed by atoms with Gasteiger partial charge in [0.1, 0.15) is 5.82 Å². The van der Waals surface area contributed by atoms with Gasteiger partial charge in [-0.25, -0.2) is 0 Å². The van der Waals surface area contributed by atoms with Gasteiger partial charge in [-0.3, -0.25) is 4.79 Å². The molecule has 3 aromatic rings. The molecule has 1 aliphatic rings. The number of carbonyl (C=O) groups is 1. The largest absolute Gasteiger partial charge is 0.355 e. The molecule has 28 heavy (non-hydrogen) atoms. The molecule has 146 valence electrons. The summed E-state index contributed by atoms with van der Waals surface area (Å²) in [5, 5.41) is 14.6. The first kappa shape index (κ1) is 19.2. The molecular formula is C21H24N4OS2. The number of hydrogen-bond donors (Lipinski definition) is 1. The number of amides is 1. The molecule has 0 saturated heterocycles. The first-order valence-electron chi connectivity index (χ1n) is 9.65. The Labute approximate surface area is 173 Å². The van der Waals surface area contributed by atoms with Gasteiger partial charge in [0.05, 0.1) is 5.25 Å². The van der Waals surface area contributed by atoms with Gasteiger partial charge in [0, 0.05) is 23.9 Å². The summed E-state index contributed by atoms with van der Waals surface area (Å²) in [5.41, 5.74) is 1.23. The summed E-state index contributed by atoms with van der Waals surface area (Å²) in [6.07, 6.45) is 3.98. The van der Waals surface area contributed by atoms with E-state index in [4.69, 9.17) is 0 Å². The average molecular weight is 413 g/mol. The quantitative estimate of drug-likeness (QED) is 0.538. The zero-order valence-corrected chi connectivity index (χ0v) is 17.5. The summed E-state index contributed by atoms with van der Waals surface area (Å²) < 4.78 is 2.25. The third kappa shape index (κ3) is 4.83. The minimum atomic E-state index is -0.202. The van der Waals surface area contributed by atoms with Crippen molar-refractivity contribution in [2.75, 3.05) is 6.54 Å². The molecule has 1 aliphatic carbocycles. The molecule has 1 amide bonds. The Bertz CT molecular complexity index is 904. The molecule has 0 aliphatic heterocycles. The molecule has 1 N–H and O–H groups in total. The Kier molecular flexibility index (Phi) is 6.12. The van der Waals surface area contributed by atoms with E-state index >= 15 is 0 Å². The van der Waals surface area contributed by atoms with E-state index in [0.717, 1.165) is 23.8 Å². The Balaban J connectivity index is 1.35. The molecular weight excluding hydrogens is 388 g/mol. The summed E-state index contributed by atoms with van der Waals surface area (Å²) in [5.74, 6) is 1.05. The normalized spacial score (nSPS) is 14.8. The molecule has 1 aromatic carbocycles. The van der Waals surface area contributed by atoms with Gasteiger partial charge >= 0.3 is 0 Å². The van der Waals surface area contributed by atoms with Crippen molar-refractivity contribution >= 4 is 29.0 Å². The maximum Gasteiger partial charge on any atom is 0.233 e. The molecule has 2 heterocycles. The Morgan fingerprint density at radius 1 is 1.25 bits per heavy atom. The lowest BCUT2D eigenvalue weighted by Gasteiger charge is -2.13. The van der Waals surface area contributed by atoms with Crippen LogP contribution in [0.3, 0.4) is 0 Å². The highest BCUT2D eigenvalue weighted by Crippen LogP contribution is 2.40. The molecule has 0 bridgehead atoms. The first-order chi connectivity index (χ1) is 13.7. The number of benzene rings is 1. The van der Waals surface area contributed by atoms with Crippen LogP contribution in [0.4, 0.5) is 0 Å². The molecule has 5 nitrogen and oxygen atoms in total. The fraction of sp³-hybridized carbons (Fsp3) is 0.381. The van der Waals surface area contributed by atoms with E-state index in [9.17, 15) is 4.79 Å². The van der Waals surface area contributed by atoms with Gasteiger partial charge in [0.2, 0.25) is 5.91 Å². The lowest BCUT2D eigenvalue weighted by Crippen LogP contribution is -2.32. The fourth-order valence-corrected chi connectivity index (χ4v) is 4.77. The third-order valence-electron chi connectivity index (χ3n) is 4.77. The molecule has 2 aromatic heterocycles. The molecule has 7 heteroatoms. The van der Waals surface area contributed by atoms with Crippen LogP contribution in [0.25, 0.3) is 0 Å². The van der Waals surface area contributed by atoms with E-state index in [2.05, 4.69) is 49.7 Å². The van der Waals surface area contributed by atoms with Gasteiger partial charge < -0.3 is 9.88 Å². The van der Waals surface area contributed by atoms with Gasteiger partial charge in [-0.2, -0.15) is 0 Å². The maximum atomic E-state index is 12.5. The molecule has 1 fully saturated rings. The smallest absolute Gasteiger partial charge is 0.233 e. The van der Waals surface area contributed by atoms with Crippen molar-refractivity contribution < 1.29 is 4.79 Å². The third-order valence-corrected chi connectivity index (χ3v) is 6.70. The zero-order valence-electron chi connectivity index (χ0n) is 15.9. The molecule has 4 rings (SSSR count). The number of thioether (sulfide) groups is 1. The monoisotopic (exact) mass is 412 g/mol. The lowest BCUT2D eigenvalue weighted by atomic mass is 10.1. The van der Waals surface area contributed by atoms with Crippen molar-refractivity contribution in [1.29, 1.82) is 0 Å². The van der Waals surface area contributed by atoms with Gasteiger partial charge in [0.15, 0.2) is 5.16 Å². The van der Waals surface area contributed by atoms with Crippen molar-refractivity contribution in [3.63, 3.8) is 0 Å². The second-order valence-electron chi connectivity index (χ2n) is 7.04. The van der Waals surface area contributed by atoms with E-state index in [1.54, 1.807) is 11.3 Å². The number of aromatic nitrogens is 3. The SMILES string of the molecule is CC(Sc1nnc(Cc2cccs2)n1C1CC1)C(=O)NCCc1ccccc1. The number of thiophene rings is 1. The topological polar surface area (TPSA) is 59.8 Å². The van der Waals surface area contributed by atoms with Crippen molar-refractivity contribution in [2.45, 2.75) is 49.1 Å². The standard InChI is InChI=1S/C21H24N4OS2/c1-15(20(26)22-12-11-16-6-3-2-4-7-16)28-21-24-23-19(25(21)17-9-10-17)14-18-8-5-13-27-18/h2-8,13,15,17H,9-12,14H2,1H3,(H,22,26). The minimum Gasteiger partial charge on any atom is -0.355 e. The van der Waals surface area contributed by atoms with Gasteiger partial charge in [0.25, 0.3) is 0 Å². The Morgan fingerprint density at radius 2 is 2.07 bits per heavy atom. The van der Waals surface area contributed by atoms with Crippen LogP contribution in [-0.2, 0) is 17.6 Å². The van der Waals surface area contributed by atoms with Crippen LogP contribution in [0.2, 0.25) is 0 Å². The second-order valence-corrected chi connectivity index (χ2v) is 9.38. The molecule has 1 saturated carbocycles.